The van der Waals surface area contributed by atoms with Crippen LogP contribution in [0.2, 0.25) is 0 Å². The largest absolute Gasteiger partial charge is 0.411 e. The molecule has 1 aliphatic carbocycles. The van der Waals surface area contributed by atoms with E-state index in [4.69, 9.17) is 11.6 Å². The third-order valence-corrected chi connectivity index (χ3v) is 4.05. The molecule has 1 aliphatic rings. The zero-order chi connectivity index (χ0) is 12.9. The van der Waals surface area contributed by atoms with Crippen molar-refractivity contribution in [3.05, 3.63) is 0 Å². The van der Waals surface area contributed by atoms with Gasteiger partial charge in [0.1, 0.15) is 6.61 Å². The average Bonchev–Trinajstić information content (AvgIpc) is 2.25. The third kappa shape index (κ3) is 5.96. The van der Waals surface area contributed by atoms with E-state index in [-0.39, 0.29) is 12.0 Å². The van der Waals surface area contributed by atoms with Crippen molar-refractivity contribution in [1.82, 2.24) is 0 Å². The van der Waals surface area contributed by atoms with E-state index < -0.39 is 12.8 Å². The average molecular weight is 273 g/mol. The van der Waals surface area contributed by atoms with Crippen LogP contribution in [0.25, 0.3) is 0 Å². The first kappa shape index (κ1) is 15.1. The molecule has 102 valence electrons. The highest BCUT2D eigenvalue weighted by Crippen LogP contribution is 2.36. The van der Waals surface area contributed by atoms with Crippen LogP contribution >= 0.6 is 11.6 Å². The number of ether oxygens (including phenoxy) is 1. The Bertz CT molecular complexity index is 220. The Labute approximate surface area is 106 Å². The second kappa shape index (κ2) is 6.83. The molecule has 0 saturated heterocycles. The van der Waals surface area contributed by atoms with E-state index in [0.29, 0.717) is 18.3 Å². The minimum absolute atomic E-state index is 0.104. The number of hydrogen-bond acceptors (Lipinski definition) is 1. The minimum atomic E-state index is -4.22. The van der Waals surface area contributed by atoms with E-state index in [1.807, 2.05) is 0 Å². The zero-order valence-electron chi connectivity index (χ0n) is 10.1. The first-order chi connectivity index (χ1) is 7.92. The molecule has 17 heavy (non-hydrogen) atoms. The molecule has 0 radical (unpaired) electrons. The van der Waals surface area contributed by atoms with Crippen LogP contribution in [-0.4, -0.2) is 24.8 Å². The van der Waals surface area contributed by atoms with Crippen molar-refractivity contribution in [2.24, 2.45) is 11.8 Å². The van der Waals surface area contributed by atoms with Gasteiger partial charge in [-0.15, -0.1) is 11.6 Å². The topological polar surface area (TPSA) is 9.23 Å². The van der Waals surface area contributed by atoms with E-state index >= 15 is 0 Å². The molecule has 3 unspecified atom stereocenters. The maximum Gasteiger partial charge on any atom is 0.411 e. The van der Waals surface area contributed by atoms with Crippen LogP contribution in [0.1, 0.15) is 39.0 Å². The summed E-state index contributed by atoms with van der Waals surface area (Å²) in [6.45, 7) is 1.16. The lowest BCUT2D eigenvalue weighted by Gasteiger charge is -2.32. The lowest BCUT2D eigenvalue weighted by molar-refractivity contribution is -0.174. The molecule has 1 saturated carbocycles. The molecule has 3 atom stereocenters. The monoisotopic (exact) mass is 272 g/mol. The van der Waals surface area contributed by atoms with E-state index in [9.17, 15) is 13.2 Å². The molecule has 0 N–H and O–H groups in total. The molecule has 0 aromatic carbocycles. The Morgan fingerprint density at radius 3 is 2.59 bits per heavy atom. The van der Waals surface area contributed by atoms with Crippen LogP contribution in [-0.2, 0) is 4.74 Å². The summed E-state index contributed by atoms with van der Waals surface area (Å²) in [7, 11) is 0. The van der Waals surface area contributed by atoms with Crippen LogP contribution in [0.15, 0.2) is 0 Å². The maximum absolute atomic E-state index is 11.9. The van der Waals surface area contributed by atoms with E-state index in [2.05, 4.69) is 11.7 Å². The van der Waals surface area contributed by atoms with Gasteiger partial charge in [-0.25, -0.2) is 0 Å². The smallest absolute Gasteiger partial charge is 0.372 e. The fraction of sp³-hybridized carbons (Fsp3) is 1.00. The number of rotatable bonds is 5. The molecule has 0 heterocycles. The van der Waals surface area contributed by atoms with E-state index in [0.717, 1.165) is 25.7 Å². The Morgan fingerprint density at radius 2 is 2.00 bits per heavy atom. The molecular weight excluding hydrogens is 253 g/mol. The summed E-state index contributed by atoms with van der Waals surface area (Å²) in [5.74, 6) is 0.987. The predicted octanol–water partition coefficient (Wildman–Crippen LogP) is 4.39. The summed E-state index contributed by atoms with van der Waals surface area (Å²) in [5.41, 5.74) is 0. The van der Waals surface area contributed by atoms with Crippen molar-refractivity contribution in [3.63, 3.8) is 0 Å². The number of alkyl halides is 4. The summed E-state index contributed by atoms with van der Waals surface area (Å²) in [6, 6.07) is 0. The Morgan fingerprint density at radius 1 is 1.29 bits per heavy atom. The number of hydrogen-bond donors (Lipinski definition) is 0. The second-order valence-electron chi connectivity index (χ2n) is 4.82. The minimum Gasteiger partial charge on any atom is -0.372 e. The van der Waals surface area contributed by atoms with Gasteiger partial charge in [0.15, 0.2) is 0 Å². The van der Waals surface area contributed by atoms with Gasteiger partial charge in [0.25, 0.3) is 0 Å². The highest BCUT2D eigenvalue weighted by molar-refractivity contribution is 6.20. The van der Waals surface area contributed by atoms with Crippen molar-refractivity contribution in [2.45, 2.75) is 50.6 Å². The van der Waals surface area contributed by atoms with Gasteiger partial charge in [0, 0.05) is 12.0 Å². The first-order valence-corrected chi connectivity index (χ1v) is 6.64. The van der Waals surface area contributed by atoms with Gasteiger partial charge < -0.3 is 4.74 Å². The van der Waals surface area contributed by atoms with Crippen molar-refractivity contribution in [3.8, 4) is 0 Å². The lowest BCUT2D eigenvalue weighted by Crippen LogP contribution is -2.27. The molecule has 0 aromatic heterocycles. The van der Waals surface area contributed by atoms with E-state index in [1.54, 1.807) is 0 Å². The molecular formula is C12H20ClF3O. The molecule has 5 heteroatoms. The zero-order valence-corrected chi connectivity index (χ0v) is 10.9. The quantitative estimate of drug-likeness (QED) is 0.533. The molecule has 0 spiro atoms. The Kier molecular flexibility index (Phi) is 6.07. The van der Waals surface area contributed by atoms with Crippen molar-refractivity contribution in [1.29, 1.82) is 0 Å². The first-order valence-electron chi connectivity index (χ1n) is 6.21. The summed E-state index contributed by atoms with van der Waals surface area (Å²) in [6.07, 6.45) is 0.692. The number of halogens is 4. The fourth-order valence-electron chi connectivity index (χ4n) is 2.42. The van der Waals surface area contributed by atoms with Crippen LogP contribution < -0.4 is 0 Å². The van der Waals surface area contributed by atoms with E-state index in [1.165, 1.54) is 0 Å². The normalized spacial score (nSPS) is 30.5. The summed E-state index contributed by atoms with van der Waals surface area (Å²) in [4.78, 5) is 0. The van der Waals surface area contributed by atoms with Gasteiger partial charge in [0.2, 0.25) is 0 Å². The highest BCUT2D eigenvalue weighted by atomic mass is 35.5. The lowest BCUT2D eigenvalue weighted by atomic mass is 9.78. The Hall–Kier alpha value is 0.0400. The summed E-state index contributed by atoms with van der Waals surface area (Å²) >= 11 is 6.20. The summed E-state index contributed by atoms with van der Waals surface area (Å²) in [5, 5.41) is 0.104. The van der Waals surface area contributed by atoms with Gasteiger partial charge >= 0.3 is 6.18 Å². The molecule has 1 nitrogen and oxygen atoms in total. The van der Waals surface area contributed by atoms with Crippen LogP contribution in [0.3, 0.4) is 0 Å². The second-order valence-corrected chi connectivity index (χ2v) is 5.38. The van der Waals surface area contributed by atoms with Gasteiger partial charge in [-0.1, -0.05) is 13.3 Å². The van der Waals surface area contributed by atoms with Gasteiger partial charge in [0.05, 0.1) is 0 Å². The van der Waals surface area contributed by atoms with Crippen LogP contribution in [0, 0.1) is 11.8 Å². The van der Waals surface area contributed by atoms with Crippen LogP contribution in [0.4, 0.5) is 13.2 Å². The Balaban J connectivity index is 2.20. The van der Waals surface area contributed by atoms with Crippen LogP contribution in [0.5, 0.6) is 0 Å². The molecule has 0 bridgehead atoms. The molecule has 0 aromatic rings. The third-order valence-electron chi connectivity index (χ3n) is 3.47. The standard InChI is InChI=1S/C12H20ClF3O/c1-2-9-3-4-11(13)10(7-9)5-6-17-8-12(14,15)16/h9-11H,2-8H2,1H3. The van der Waals surface area contributed by atoms with Crippen molar-refractivity contribution in [2.75, 3.05) is 13.2 Å². The van der Waals surface area contributed by atoms with Crippen molar-refractivity contribution < 1.29 is 17.9 Å². The van der Waals surface area contributed by atoms with Crippen molar-refractivity contribution >= 4 is 11.6 Å². The highest BCUT2D eigenvalue weighted by Gasteiger charge is 2.30. The SMILES string of the molecule is CCC1CCC(Cl)C(CCOCC(F)(F)F)C1. The molecule has 1 rings (SSSR count). The fourth-order valence-corrected chi connectivity index (χ4v) is 2.77. The molecule has 1 fully saturated rings. The van der Waals surface area contributed by atoms with Gasteiger partial charge in [-0.05, 0) is 37.5 Å². The summed E-state index contributed by atoms with van der Waals surface area (Å²) < 4.78 is 40.2. The van der Waals surface area contributed by atoms with Gasteiger partial charge in [-0.2, -0.15) is 13.2 Å². The van der Waals surface area contributed by atoms with Gasteiger partial charge in [-0.3, -0.25) is 0 Å². The predicted molar refractivity (Wildman–Crippen MR) is 62.3 cm³/mol. The molecule has 0 amide bonds. The molecule has 0 aliphatic heterocycles. The maximum atomic E-state index is 11.9.